The lowest BCUT2D eigenvalue weighted by molar-refractivity contribution is 0.305. The van der Waals surface area contributed by atoms with Gasteiger partial charge in [-0.3, -0.25) is 0 Å². The van der Waals surface area contributed by atoms with Crippen LogP contribution >= 0.6 is 0 Å². The number of nitrogens with one attached hydrogen (secondary N) is 2. The highest BCUT2D eigenvalue weighted by Gasteiger charge is 2.01. The maximum Gasteiger partial charge on any atom is 0.218 e. The molecule has 0 bridgehead atoms. The minimum Gasteiger partial charge on any atom is -0.478 e. The van der Waals surface area contributed by atoms with Gasteiger partial charge in [0.2, 0.25) is 15.9 Å². The summed E-state index contributed by atoms with van der Waals surface area (Å²) in [6.45, 7) is 3.66. The predicted molar refractivity (Wildman–Crippen MR) is 73.8 cm³/mol. The Morgan fingerprint density at radius 1 is 1.32 bits per heavy atom. The van der Waals surface area contributed by atoms with Crippen LogP contribution in [0.4, 0.5) is 5.82 Å². The fourth-order valence-electron chi connectivity index (χ4n) is 1.28. The van der Waals surface area contributed by atoms with Crippen LogP contribution in [0.15, 0.2) is 12.4 Å². The summed E-state index contributed by atoms with van der Waals surface area (Å²) in [5.74, 6) is 1.20. The normalized spacial score (nSPS) is 11.3. The number of sulfonamides is 1. The summed E-state index contributed by atoms with van der Waals surface area (Å²) >= 11 is 0. The van der Waals surface area contributed by atoms with Crippen LogP contribution in [0, 0.1) is 0 Å². The fraction of sp³-hybridized carbons (Fsp3) is 0.636. The molecule has 0 amide bonds. The molecular formula is C11H20N4O3S. The lowest BCUT2D eigenvalue weighted by Gasteiger charge is -2.07. The fourth-order valence-corrected chi connectivity index (χ4v) is 1.80. The van der Waals surface area contributed by atoms with Crippen LogP contribution in [0.1, 0.15) is 19.8 Å². The van der Waals surface area contributed by atoms with E-state index in [-0.39, 0.29) is 0 Å². The third kappa shape index (κ3) is 7.58. The van der Waals surface area contributed by atoms with Gasteiger partial charge in [0, 0.05) is 19.2 Å². The molecule has 0 aliphatic rings. The molecule has 0 saturated heterocycles. The molecule has 0 radical (unpaired) electrons. The number of nitrogens with zero attached hydrogens (tertiary/aromatic N) is 2. The zero-order valence-electron chi connectivity index (χ0n) is 11.2. The molecule has 8 heteroatoms. The third-order valence-electron chi connectivity index (χ3n) is 2.12. The quantitative estimate of drug-likeness (QED) is 0.647. The van der Waals surface area contributed by atoms with Crippen molar-refractivity contribution in [3.05, 3.63) is 12.4 Å². The van der Waals surface area contributed by atoms with Crippen molar-refractivity contribution in [2.45, 2.75) is 19.8 Å². The highest BCUT2D eigenvalue weighted by molar-refractivity contribution is 7.88. The van der Waals surface area contributed by atoms with Crippen molar-refractivity contribution >= 4 is 15.8 Å². The zero-order chi connectivity index (χ0) is 14.1. The average Bonchev–Trinajstić information content (AvgIpc) is 2.35. The van der Waals surface area contributed by atoms with Crippen molar-refractivity contribution in [2.24, 2.45) is 0 Å². The van der Waals surface area contributed by atoms with Gasteiger partial charge < -0.3 is 10.1 Å². The molecule has 1 rings (SSSR count). The van der Waals surface area contributed by atoms with E-state index < -0.39 is 10.0 Å². The molecule has 7 nitrogen and oxygen atoms in total. The summed E-state index contributed by atoms with van der Waals surface area (Å²) in [6.07, 6.45) is 4.16. The van der Waals surface area contributed by atoms with Crippen molar-refractivity contribution in [2.75, 3.05) is 31.3 Å². The van der Waals surface area contributed by atoms with Crippen LogP contribution in [0.3, 0.4) is 0 Å². The standard InChI is InChI=1S/C11H20N4O3S/c1-3-7-18-11-8-10(13-9-14-11)12-5-4-6-15-19(2,16)17/h8-9,15H,3-7H2,1-2H3,(H,12,13,14). The van der Waals surface area contributed by atoms with E-state index in [1.165, 1.54) is 6.33 Å². The maximum absolute atomic E-state index is 10.8. The number of aromatic nitrogens is 2. The zero-order valence-corrected chi connectivity index (χ0v) is 12.0. The molecule has 0 aliphatic carbocycles. The van der Waals surface area contributed by atoms with E-state index in [1.807, 2.05) is 6.92 Å². The van der Waals surface area contributed by atoms with E-state index >= 15 is 0 Å². The maximum atomic E-state index is 10.8. The first-order valence-corrected chi connectivity index (χ1v) is 8.04. The Hall–Kier alpha value is -1.41. The first-order chi connectivity index (χ1) is 9.01. The van der Waals surface area contributed by atoms with Crippen molar-refractivity contribution in [3.63, 3.8) is 0 Å². The monoisotopic (exact) mass is 288 g/mol. The van der Waals surface area contributed by atoms with E-state index in [2.05, 4.69) is 20.0 Å². The minimum atomic E-state index is -3.11. The SMILES string of the molecule is CCCOc1cc(NCCCNS(C)(=O)=O)ncn1. The first-order valence-electron chi connectivity index (χ1n) is 6.14. The molecule has 2 N–H and O–H groups in total. The number of rotatable bonds is 9. The van der Waals surface area contributed by atoms with Crippen LogP contribution in [0.5, 0.6) is 5.88 Å². The molecule has 0 aliphatic heterocycles. The summed E-state index contributed by atoms with van der Waals surface area (Å²) in [6, 6.07) is 1.72. The largest absolute Gasteiger partial charge is 0.478 e. The van der Waals surface area contributed by atoms with Gasteiger partial charge in [-0.05, 0) is 12.8 Å². The summed E-state index contributed by atoms with van der Waals surface area (Å²) < 4.78 is 29.5. The smallest absolute Gasteiger partial charge is 0.218 e. The Bertz CT molecular complexity index is 479. The Balaban J connectivity index is 2.29. The topological polar surface area (TPSA) is 93.2 Å². The summed E-state index contributed by atoms with van der Waals surface area (Å²) in [5, 5.41) is 3.08. The molecule has 19 heavy (non-hydrogen) atoms. The van der Waals surface area contributed by atoms with E-state index in [0.717, 1.165) is 12.7 Å². The van der Waals surface area contributed by atoms with Gasteiger partial charge in [-0.1, -0.05) is 6.92 Å². The molecule has 0 spiro atoms. The van der Waals surface area contributed by atoms with Gasteiger partial charge in [-0.25, -0.2) is 23.1 Å². The highest BCUT2D eigenvalue weighted by atomic mass is 32.2. The van der Waals surface area contributed by atoms with E-state index in [0.29, 0.717) is 37.8 Å². The molecule has 0 saturated carbocycles. The van der Waals surface area contributed by atoms with Gasteiger partial charge in [0.15, 0.2) is 0 Å². The molecule has 1 aromatic rings. The van der Waals surface area contributed by atoms with Crippen molar-refractivity contribution < 1.29 is 13.2 Å². The molecule has 1 heterocycles. The molecule has 0 fully saturated rings. The summed E-state index contributed by atoms with van der Waals surface area (Å²) in [4.78, 5) is 8.04. The highest BCUT2D eigenvalue weighted by Crippen LogP contribution is 2.10. The lowest BCUT2D eigenvalue weighted by Crippen LogP contribution is -2.24. The minimum absolute atomic E-state index is 0.399. The second kappa shape index (κ2) is 7.90. The van der Waals surface area contributed by atoms with Crippen molar-refractivity contribution in [1.29, 1.82) is 0 Å². The Kier molecular flexibility index (Phi) is 6.51. The average molecular weight is 288 g/mol. The van der Waals surface area contributed by atoms with Gasteiger partial charge in [0.05, 0.1) is 12.9 Å². The van der Waals surface area contributed by atoms with Gasteiger partial charge in [0.25, 0.3) is 0 Å². The molecular weight excluding hydrogens is 268 g/mol. The van der Waals surface area contributed by atoms with Crippen molar-refractivity contribution in [3.8, 4) is 5.88 Å². The molecule has 108 valence electrons. The van der Waals surface area contributed by atoms with Gasteiger partial charge >= 0.3 is 0 Å². The summed E-state index contributed by atoms with van der Waals surface area (Å²) in [7, 11) is -3.11. The lowest BCUT2D eigenvalue weighted by atomic mass is 10.4. The Morgan fingerprint density at radius 3 is 2.79 bits per heavy atom. The van der Waals surface area contributed by atoms with Crippen LogP contribution in [0.25, 0.3) is 0 Å². The van der Waals surface area contributed by atoms with E-state index in [4.69, 9.17) is 4.74 Å². The van der Waals surface area contributed by atoms with Crippen LogP contribution in [-0.2, 0) is 10.0 Å². The molecule has 1 aromatic heterocycles. The molecule has 0 aromatic carbocycles. The van der Waals surface area contributed by atoms with Crippen LogP contribution in [0.2, 0.25) is 0 Å². The Morgan fingerprint density at radius 2 is 2.11 bits per heavy atom. The molecule has 0 atom stereocenters. The number of hydrogen-bond donors (Lipinski definition) is 2. The predicted octanol–water partition coefficient (Wildman–Crippen LogP) is 0.617. The Labute approximate surface area is 113 Å². The van der Waals surface area contributed by atoms with Gasteiger partial charge in [0.1, 0.15) is 12.1 Å². The van der Waals surface area contributed by atoms with E-state index in [9.17, 15) is 8.42 Å². The molecule has 0 unspecified atom stereocenters. The van der Waals surface area contributed by atoms with Crippen LogP contribution < -0.4 is 14.8 Å². The number of anilines is 1. The van der Waals surface area contributed by atoms with E-state index in [1.54, 1.807) is 6.07 Å². The van der Waals surface area contributed by atoms with Gasteiger partial charge in [-0.15, -0.1) is 0 Å². The van der Waals surface area contributed by atoms with Crippen molar-refractivity contribution in [1.82, 2.24) is 14.7 Å². The first kappa shape index (κ1) is 15.6. The second-order valence-electron chi connectivity index (χ2n) is 4.04. The second-order valence-corrected chi connectivity index (χ2v) is 5.87. The van der Waals surface area contributed by atoms with Gasteiger partial charge in [-0.2, -0.15) is 0 Å². The third-order valence-corrected chi connectivity index (χ3v) is 2.85. The summed E-state index contributed by atoms with van der Waals surface area (Å²) in [5.41, 5.74) is 0. The number of hydrogen-bond acceptors (Lipinski definition) is 6. The number of ether oxygens (including phenoxy) is 1. The van der Waals surface area contributed by atoms with Crippen LogP contribution in [-0.4, -0.2) is 44.3 Å².